The second-order valence-electron chi connectivity index (χ2n) is 13.9. The Morgan fingerprint density at radius 2 is 0.911 bits per heavy atom. The number of rotatable bonds is 6. The summed E-state index contributed by atoms with van der Waals surface area (Å²) in [5, 5.41) is 4.13. The zero-order chi connectivity index (χ0) is 37.0. The fourth-order valence-corrected chi connectivity index (χ4v) is 8.08. The molecule has 0 atom stereocenters. The summed E-state index contributed by atoms with van der Waals surface area (Å²) in [6.07, 6.45) is 3.49. The molecule has 11 aromatic rings. The van der Waals surface area contributed by atoms with Gasteiger partial charge in [0.1, 0.15) is 11.3 Å². The van der Waals surface area contributed by atoms with Crippen LogP contribution in [0.1, 0.15) is 0 Å². The fraction of sp³-hybridized carbons (Fsp3) is 0. The predicted octanol–water partition coefficient (Wildman–Crippen LogP) is 12.6. The van der Waals surface area contributed by atoms with Crippen LogP contribution in [0.3, 0.4) is 0 Å². The Labute approximate surface area is 322 Å². The van der Waals surface area contributed by atoms with E-state index in [2.05, 4.69) is 185 Å². The largest absolute Gasteiger partial charge is 0.310 e. The van der Waals surface area contributed by atoms with Crippen molar-refractivity contribution in [3.63, 3.8) is 0 Å². The monoisotopic (exact) mass is 716 g/mol. The molecule has 0 fully saturated rings. The predicted molar refractivity (Wildman–Crippen MR) is 230 cm³/mol. The third-order valence-electron chi connectivity index (χ3n) is 10.7. The van der Waals surface area contributed by atoms with Gasteiger partial charge in [0.05, 0.1) is 33.3 Å². The summed E-state index contributed by atoms with van der Waals surface area (Å²) < 4.78 is 2.27. The Morgan fingerprint density at radius 1 is 0.357 bits per heavy atom. The van der Waals surface area contributed by atoms with Crippen LogP contribution in [0.5, 0.6) is 0 Å². The minimum atomic E-state index is 0.787. The summed E-state index contributed by atoms with van der Waals surface area (Å²) >= 11 is 0. The lowest BCUT2D eigenvalue weighted by atomic mass is 10.0. The number of benzene rings is 7. The average molecular weight is 717 g/mol. The second kappa shape index (κ2) is 13.0. The standard InChI is InChI=1S/C50H32N6/c1-4-12-33(13-5-1)34-20-22-35(23-21-34)43-27-25-40-47-48(52-31-30-51-47)41-26-29-46(54-50(41)49(40)53-43)56-44-19-11-10-18-39(44)42-32-38(24-28-45(42)56)55(36-14-6-2-7-15-36)37-16-8-3-9-17-37/h1-32H. The average Bonchev–Trinajstić information content (AvgIpc) is 3.61. The van der Waals surface area contributed by atoms with Gasteiger partial charge in [0.25, 0.3) is 0 Å². The number of hydrogen-bond donors (Lipinski definition) is 0. The van der Waals surface area contributed by atoms with Gasteiger partial charge in [-0.15, -0.1) is 0 Å². The minimum Gasteiger partial charge on any atom is -0.310 e. The molecule has 262 valence electrons. The van der Waals surface area contributed by atoms with Crippen LogP contribution >= 0.6 is 0 Å². The van der Waals surface area contributed by atoms with E-state index in [4.69, 9.17) is 19.9 Å². The van der Waals surface area contributed by atoms with E-state index in [9.17, 15) is 0 Å². The lowest BCUT2D eigenvalue weighted by Gasteiger charge is -2.25. The highest BCUT2D eigenvalue weighted by Gasteiger charge is 2.20. The van der Waals surface area contributed by atoms with Crippen molar-refractivity contribution in [2.24, 2.45) is 0 Å². The summed E-state index contributed by atoms with van der Waals surface area (Å²) in [6, 6.07) is 63.7. The molecule has 0 N–H and O–H groups in total. The summed E-state index contributed by atoms with van der Waals surface area (Å²) in [4.78, 5) is 22.7. The van der Waals surface area contributed by atoms with Crippen LogP contribution in [0.4, 0.5) is 17.1 Å². The highest BCUT2D eigenvalue weighted by atomic mass is 15.1. The molecule has 0 bridgehead atoms. The Balaban J connectivity index is 1.11. The zero-order valence-electron chi connectivity index (χ0n) is 30.2. The quantitative estimate of drug-likeness (QED) is 0.160. The van der Waals surface area contributed by atoms with Crippen molar-refractivity contribution < 1.29 is 0 Å². The highest BCUT2D eigenvalue weighted by Crippen LogP contribution is 2.40. The van der Waals surface area contributed by atoms with Crippen molar-refractivity contribution in [3.8, 4) is 28.2 Å². The fourth-order valence-electron chi connectivity index (χ4n) is 8.08. The van der Waals surface area contributed by atoms with E-state index in [0.29, 0.717) is 0 Å². The molecule has 0 amide bonds. The molecule has 0 aliphatic heterocycles. The number of fused-ring (bicyclic) bond motifs is 9. The molecular weight excluding hydrogens is 685 g/mol. The van der Waals surface area contributed by atoms with E-state index in [0.717, 1.165) is 88.8 Å². The molecule has 0 aliphatic carbocycles. The zero-order valence-corrected chi connectivity index (χ0v) is 30.2. The van der Waals surface area contributed by atoms with Crippen molar-refractivity contribution in [2.45, 2.75) is 0 Å². The molecule has 6 heteroatoms. The van der Waals surface area contributed by atoms with Gasteiger partial charge in [-0.25, -0.2) is 9.97 Å². The van der Waals surface area contributed by atoms with Gasteiger partial charge in [-0.05, 0) is 83.9 Å². The maximum Gasteiger partial charge on any atom is 0.138 e. The molecular formula is C50H32N6. The van der Waals surface area contributed by atoms with Gasteiger partial charge in [0, 0.05) is 56.6 Å². The van der Waals surface area contributed by atoms with Crippen molar-refractivity contribution in [1.29, 1.82) is 0 Å². The maximum absolute atomic E-state index is 5.46. The van der Waals surface area contributed by atoms with Crippen LogP contribution in [0.25, 0.3) is 82.8 Å². The molecule has 0 saturated carbocycles. The Hall–Kier alpha value is -7.70. The number of para-hydroxylation sites is 3. The van der Waals surface area contributed by atoms with Gasteiger partial charge in [-0.2, -0.15) is 0 Å². The molecule has 0 saturated heterocycles. The van der Waals surface area contributed by atoms with E-state index in [1.807, 2.05) is 6.07 Å². The summed E-state index contributed by atoms with van der Waals surface area (Å²) in [6.45, 7) is 0. The highest BCUT2D eigenvalue weighted by molar-refractivity contribution is 6.21. The summed E-state index contributed by atoms with van der Waals surface area (Å²) in [5.41, 5.74) is 12.9. The van der Waals surface area contributed by atoms with Crippen LogP contribution in [-0.4, -0.2) is 24.5 Å². The van der Waals surface area contributed by atoms with Gasteiger partial charge in [0.15, 0.2) is 0 Å². The number of hydrogen-bond acceptors (Lipinski definition) is 5. The molecule has 0 spiro atoms. The number of aromatic nitrogens is 5. The molecule has 0 unspecified atom stereocenters. The SMILES string of the molecule is c1ccc(-c2ccc(-c3ccc4c5nccnc5c5ccc(-n6c7ccccc7c7cc(N(c8ccccc8)c8ccccc8)ccc76)nc5c4n3)cc2)cc1. The van der Waals surface area contributed by atoms with Crippen LogP contribution in [0, 0.1) is 0 Å². The van der Waals surface area contributed by atoms with Gasteiger partial charge in [0.2, 0.25) is 0 Å². The lowest BCUT2D eigenvalue weighted by Crippen LogP contribution is -2.09. The normalized spacial score (nSPS) is 11.6. The molecule has 7 aromatic carbocycles. The molecule has 6 nitrogen and oxygen atoms in total. The molecule has 0 aliphatic rings. The third kappa shape index (κ3) is 5.19. The molecule has 11 rings (SSSR count). The van der Waals surface area contributed by atoms with Crippen LogP contribution < -0.4 is 4.90 Å². The second-order valence-corrected chi connectivity index (χ2v) is 13.9. The number of pyridine rings is 2. The van der Waals surface area contributed by atoms with Crippen LogP contribution in [0.2, 0.25) is 0 Å². The van der Waals surface area contributed by atoms with Gasteiger partial charge < -0.3 is 4.90 Å². The van der Waals surface area contributed by atoms with Gasteiger partial charge >= 0.3 is 0 Å². The van der Waals surface area contributed by atoms with Crippen LogP contribution in [-0.2, 0) is 0 Å². The Bertz CT molecular complexity index is 3190. The maximum atomic E-state index is 5.46. The van der Waals surface area contributed by atoms with E-state index >= 15 is 0 Å². The van der Waals surface area contributed by atoms with E-state index in [1.54, 1.807) is 12.4 Å². The topological polar surface area (TPSA) is 59.7 Å². The summed E-state index contributed by atoms with van der Waals surface area (Å²) in [5.74, 6) is 0.809. The lowest BCUT2D eigenvalue weighted by molar-refractivity contribution is 1.10. The molecule has 4 aromatic heterocycles. The third-order valence-corrected chi connectivity index (χ3v) is 10.7. The first kappa shape index (κ1) is 31.8. The van der Waals surface area contributed by atoms with E-state index in [-0.39, 0.29) is 0 Å². The Morgan fingerprint density at radius 3 is 1.61 bits per heavy atom. The van der Waals surface area contributed by atoms with E-state index in [1.165, 1.54) is 11.1 Å². The first-order valence-corrected chi connectivity index (χ1v) is 18.7. The van der Waals surface area contributed by atoms with Crippen molar-refractivity contribution in [2.75, 3.05) is 4.90 Å². The van der Waals surface area contributed by atoms with Crippen LogP contribution in [0.15, 0.2) is 194 Å². The summed E-state index contributed by atoms with van der Waals surface area (Å²) in [7, 11) is 0. The van der Waals surface area contributed by atoms with Gasteiger partial charge in [-0.3, -0.25) is 14.5 Å². The Kier molecular flexibility index (Phi) is 7.38. The van der Waals surface area contributed by atoms with E-state index < -0.39 is 0 Å². The smallest absolute Gasteiger partial charge is 0.138 e. The first-order valence-electron chi connectivity index (χ1n) is 18.7. The molecule has 56 heavy (non-hydrogen) atoms. The van der Waals surface area contributed by atoms with Gasteiger partial charge in [-0.1, -0.05) is 109 Å². The number of anilines is 3. The molecule has 4 heterocycles. The number of nitrogens with zero attached hydrogens (tertiary/aromatic N) is 6. The minimum absolute atomic E-state index is 0.787. The van der Waals surface area contributed by atoms with Crippen molar-refractivity contribution in [1.82, 2.24) is 24.5 Å². The van der Waals surface area contributed by atoms with Crippen molar-refractivity contribution in [3.05, 3.63) is 194 Å². The van der Waals surface area contributed by atoms with Crippen molar-refractivity contribution >= 4 is 71.7 Å². The first-order chi connectivity index (χ1) is 27.8. The molecule has 0 radical (unpaired) electrons.